The van der Waals surface area contributed by atoms with Gasteiger partial charge in [-0.15, -0.1) is 0 Å². The van der Waals surface area contributed by atoms with Gasteiger partial charge in [0.2, 0.25) is 10.0 Å². The van der Waals surface area contributed by atoms with Gasteiger partial charge in [0.15, 0.2) is 0 Å². The van der Waals surface area contributed by atoms with Gasteiger partial charge in [-0.3, -0.25) is 0 Å². The summed E-state index contributed by atoms with van der Waals surface area (Å²) in [5, 5.41) is 3.83. The Kier molecular flexibility index (Phi) is 5.27. The predicted octanol–water partition coefficient (Wildman–Crippen LogP) is 4.85. The molecule has 2 aromatic carbocycles. The first kappa shape index (κ1) is 19.8. The van der Waals surface area contributed by atoms with Gasteiger partial charge in [-0.1, -0.05) is 13.0 Å². The molecule has 0 unspecified atom stereocenters. The van der Waals surface area contributed by atoms with Crippen molar-refractivity contribution >= 4 is 32.4 Å². The number of piperidine rings is 1. The largest absolute Gasteiger partial charge is 0.340 e. The molecule has 0 amide bonds. The Morgan fingerprint density at radius 1 is 1.07 bits per heavy atom. The van der Waals surface area contributed by atoms with Crippen molar-refractivity contribution in [3.8, 4) is 0 Å². The smallest absolute Gasteiger partial charge is 0.243 e. The molecular formula is C22H24FN3O2S. The lowest BCUT2D eigenvalue weighted by atomic mass is 10.0. The van der Waals surface area contributed by atoms with Crippen LogP contribution in [0.1, 0.15) is 25.3 Å². The lowest BCUT2D eigenvalue weighted by molar-refractivity contribution is 0.288. The number of aromatic nitrogens is 1. The van der Waals surface area contributed by atoms with Crippen molar-refractivity contribution in [2.24, 2.45) is 5.92 Å². The fraction of sp³-hybridized carbons (Fsp3) is 0.318. The Morgan fingerprint density at radius 3 is 2.55 bits per heavy atom. The summed E-state index contributed by atoms with van der Waals surface area (Å²) in [5.74, 6) is 0.856. The fourth-order valence-corrected chi connectivity index (χ4v) is 5.03. The standard InChI is InChI=1S/C22H24FN3O2S/c1-15-9-11-26(12-10-15)29(27,28)19-6-7-21-17(13-19)4-8-22(25-21)24-18-5-3-16(2)20(23)14-18/h3-8,13-15H,9-12H2,1-2H3,(H,24,25). The minimum Gasteiger partial charge on any atom is -0.340 e. The zero-order valence-electron chi connectivity index (χ0n) is 16.5. The summed E-state index contributed by atoms with van der Waals surface area (Å²) in [5.41, 5.74) is 1.87. The number of pyridine rings is 1. The quantitative estimate of drug-likeness (QED) is 0.664. The van der Waals surface area contributed by atoms with Crippen molar-refractivity contribution in [2.75, 3.05) is 18.4 Å². The summed E-state index contributed by atoms with van der Waals surface area (Å²) in [4.78, 5) is 4.82. The van der Waals surface area contributed by atoms with Crippen molar-refractivity contribution in [3.05, 3.63) is 59.9 Å². The Labute approximate surface area is 170 Å². The van der Waals surface area contributed by atoms with E-state index in [9.17, 15) is 12.8 Å². The molecule has 29 heavy (non-hydrogen) atoms. The van der Waals surface area contributed by atoms with Crippen LogP contribution in [0.15, 0.2) is 53.4 Å². The summed E-state index contributed by atoms with van der Waals surface area (Å²) in [7, 11) is -3.50. The van der Waals surface area contributed by atoms with Gasteiger partial charge in [-0.2, -0.15) is 4.31 Å². The average Bonchev–Trinajstić information content (AvgIpc) is 2.70. The fourth-order valence-electron chi connectivity index (χ4n) is 3.53. The van der Waals surface area contributed by atoms with Gasteiger partial charge in [0.25, 0.3) is 0 Å². The van der Waals surface area contributed by atoms with Gasteiger partial charge in [0, 0.05) is 24.2 Å². The van der Waals surface area contributed by atoms with Crippen LogP contribution < -0.4 is 5.32 Å². The number of aryl methyl sites for hydroxylation is 1. The molecule has 1 aliphatic heterocycles. The van der Waals surface area contributed by atoms with E-state index in [0.717, 1.165) is 18.2 Å². The molecule has 7 heteroatoms. The molecule has 5 nitrogen and oxygen atoms in total. The van der Waals surface area contributed by atoms with Gasteiger partial charge >= 0.3 is 0 Å². The third-order valence-electron chi connectivity index (χ3n) is 5.49. The van der Waals surface area contributed by atoms with Crippen LogP contribution in [0.3, 0.4) is 0 Å². The van der Waals surface area contributed by atoms with Crippen molar-refractivity contribution in [1.29, 1.82) is 0 Å². The van der Waals surface area contributed by atoms with E-state index in [1.807, 2.05) is 6.07 Å². The molecule has 1 N–H and O–H groups in total. The van der Waals surface area contributed by atoms with Gasteiger partial charge in [0.05, 0.1) is 10.4 Å². The Bertz CT molecular complexity index is 1160. The maximum atomic E-state index is 13.7. The van der Waals surface area contributed by atoms with E-state index in [-0.39, 0.29) is 5.82 Å². The molecule has 4 rings (SSSR count). The molecule has 2 heterocycles. The normalized spacial score (nSPS) is 16.2. The van der Waals surface area contributed by atoms with Crippen LogP contribution in [-0.4, -0.2) is 30.8 Å². The van der Waals surface area contributed by atoms with E-state index in [0.29, 0.717) is 46.5 Å². The minimum absolute atomic E-state index is 0.280. The predicted molar refractivity (Wildman–Crippen MR) is 113 cm³/mol. The molecule has 1 aromatic heterocycles. The maximum Gasteiger partial charge on any atom is 0.243 e. The van der Waals surface area contributed by atoms with Crippen LogP contribution in [0, 0.1) is 18.7 Å². The number of anilines is 2. The number of fused-ring (bicyclic) bond motifs is 1. The molecule has 152 valence electrons. The van der Waals surface area contributed by atoms with E-state index in [4.69, 9.17) is 0 Å². The summed E-state index contributed by atoms with van der Waals surface area (Å²) in [6.45, 7) is 5.00. The molecule has 1 saturated heterocycles. The first-order chi connectivity index (χ1) is 13.8. The molecule has 0 aliphatic carbocycles. The first-order valence-corrected chi connectivity index (χ1v) is 11.2. The molecule has 0 atom stereocenters. The molecule has 0 saturated carbocycles. The van der Waals surface area contributed by atoms with Crippen molar-refractivity contribution in [3.63, 3.8) is 0 Å². The van der Waals surface area contributed by atoms with Crippen LogP contribution in [0.4, 0.5) is 15.9 Å². The Hall–Kier alpha value is -2.51. The van der Waals surface area contributed by atoms with Crippen LogP contribution >= 0.6 is 0 Å². The molecule has 0 radical (unpaired) electrons. The molecule has 1 aliphatic rings. The SMILES string of the molecule is Cc1ccc(Nc2ccc3cc(S(=O)(=O)N4CCC(C)CC4)ccc3n2)cc1F. The number of sulfonamides is 1. The van der Waals surface area contributed by atoms with E-state index in [2.05, 4.69) is 17.2 Å². The number of benzene rings is 2. The highest BCUT2D eigenvalue weighted by Crippen LogP contribution is 2.27. The number of hydrogen-bond acceptors (Lipinski definition) is 4. The minimum atomic E-state index is -3.50. The second kappa shape index (κ2) is 7.72. The van der Waals surface area contributed by atoms with Gasteiger partial charge < -0.3 is 5.32 Å². The Balaban J connectivity index is 1.59. The highest BCUT2D eigenvalue weighted by atomic mass is 32.2. The van der Waals surface area contributed by atoms with Crippen molar-refractivity contribution < 1.29 is 12.8 Å². The second-order valence-corrected chi connectivity index (χ2v) is 9.66. The molecule has 1 fully saturated rings. The monoisotopic (exact) mass is 413 g/mol. The molecule has 3 aromatic rings. The summed E-state index contributed by atoms with van der Waals surface area (Å²) >= 11 is 0. The van der Waals surface area contributed by atoms with Gasteiger partial charge in [-0.25, -0.2) is 17.8 Å². The summed E-state index contributed by atoms with van der Waals surface area (Å²) in [6.07, 6.45) is 1.78. The summed E-state index contributed by atoms with van der Waals surface area (Å²) in [6, 6.07) is 13.5. The van der Waals surface area contributed by atoms with Crippen molar-refractivity contribution in [2.45, 2.75) is 31.6 Å². The number of nitrogens with one attached hydrogen (secondary N) is 1. The van der Waals surface area contributed by atoms with E-state index in [1.165, 1.54) is 6.07 Å². The number of halogens is 1. The van der Waals surface area contributed by atoms with Crippen LogP contribution in [-0.2, 0) is 10.0 Å². The average molecular weight is 414 g/mol. The first-order valence-electron chi connectivity index (χ1n) is 9.77. The van der Waals surface area contributed by atoms with Crippen molar-refractivity contribution in [1.82, 2.24) is 9.29 Å². The number of rotatable bonds is 4. The lowest BCUT2D eigenvalue weighted by Gasteiger charge is -2.29. The van der Waals surface area contributed by atoms with E-state index < -0.39 is 10.0 Å². The van der Waals surface area contributed by atoms with Crippen LogP contribution in [0.25, 0.3) is 10.9 Å². The highest BCUT2D eigenvalue weighted by Gasteiger charge is 2.28. The highest BCUT2D eigenvalue weighted by molar-refractivity contribution is 7.89. The third-order valence-corrected chi connectivity index (χ3v) is 7.38. The van der Waals surface area contributed by atoms with Crippen LogP contribution in [0.2, 0.25) is 0 Å². The van der Waals surface area contributed by atoms with Gasteiger partial charge in [-0.05, 0) is 73.7 Å². The van der Waals surface area contributed by atoms with E-state index in [1.54, 1.807) is 47.6 Å². The third kappa shape index (κ3) is 4.11. The van der Waals surface area contributed by atoms with Crippen LogP contribution in [0.5, 0.6) is 0 Å². The zero-order chi connectivity index (χ0) is 20.6. The Morgan fingerprint density at radius 2 is 1.83 bits per heavy atom. The molecular weight excluding hydrogens is 389 g/mol. The van der Waals surface area contributed by atoms with Gasteiger partial charge in [0.1, 0.15) is 11.6 Å². The zero-order valence-corrected chi connectivity index (χ0v) is 17.3. The number of hydrogen-bond donors (Lipinski definition) is 1. The maximum absolute atomic E-state index is 13.7. The van der Waals surface area contributed by atoms with E-state index >= 15 is 0 Å². The molecule has 0 bridgehead atoms. The summed E-state index contributed by atoms with van der Waals surface area (Å²) < 4.78 is 41.2. The second-order valence-electron chi connectivity index (χ2n) is 7.73. The topological polar surface area (TPSA) is 62.3 Å². The molecule has 0 spiro atoms. The number of nitrogens with zero attached hydrogens (tertiary/aromatic N) is 2. The lowest BCUT2D eigenvalue weighted by Crippen LogP contribution is -2.37.